The van der Waals surface area contributed by atoms with E-state index in [0.29, 0.717) is 11.3 Å². The lowest BCUT2D eigenvalue weighted by atomic mass is 10.2. The molecule has 1 atom stereocenters. The van der Waals surface area contributed by atoms with Gasteiger partial charge in [-0.15, -0.1) is 0 Å². The van der Waals surface area contributed by atoms with Crippen LogP contribution in [0.1, 0.15) is 18.9 Å². The van der Waals surface area contributed by atoms with Gasteiger partial charge in [0.1, 0.15) is 6.04 Å². The molecule has 1 heterocycles. The van der Waals surface area contributed by atoms with Crippen LogP contribution in [0.25, 0.3) is 0 Å². The zero-order valence-electron chi connectivity index (χ0n) is 11.7. The monoisotopic (exact) mass is 312 g/mol. The fourth-order valence-electron chi connectivity index (χ4n) is 2.29. The number of sulfonamides is 1. The SMILES string of the molecule is CCC(C(=O)O)N(C)S(=O)(=O)c1ccc2c(c1)CC(=O)N2. The van der Waals surface area contributed by atoms with Gasteiger partial charge >= 0.3 is 5.97 Å². The lowest BCUT2D eigenvalue weighted by Gasteiger charge is -2.23. The predicted molar refractivity (Wildman–Crippen MR) is 75.4 cm³/mol. The molecule has 114 valence electrons. The molecule has 8 heteroatoms. The molecule has 21 heavy (non-hydrogen) atoms. The number of amides is 1. The third-order valence-electron chi connectivity index (χ3n) is 3.49. The summed E-state index contributed by atoms with van der Waals surface area (Å²) in [6, 6.07) is 3.17. The van der Waals surface area contributed by atoms with Gasteiger partial charge in [0.2, 0.25) is 15.9 Å². The van der Waals surface area contributed by atoms with Crippen LogP contribution in [0.5, 0.6) is 0 Å². The van der Waals surface area contributed by atoms with E-state index in [1.165, 1.54) is 25.2 Å². The molecule has 1 amide bonds. The van der Waals surface area contributed by atoms with Gasteiger partial charge in [-0.2, -0.15) is 4.31 Å². The smallest absolute Gasteiger partial charge is 0.321 e. The molecule has 0 spiro atoms. The maximum atomic E-state index is 12.5. The van der Waals surface area contributed by atoms with E-state index in [4.69, 9.17) is 5.11 Å². The van der Waals surface area contributed by atoms with E-state index in [1.807, 2.05) is 0 Å². The first kappa shape index (κ1) is 15.5. The molecule has 0 aliphatic carbocycles. The zero-order valence-corrected chi connectivity index (χ0v) is 12.5. The summed E-state index contributed by atoms with van der Waals surface area (Å²) in [5.74, 6) is -1.38. The van der Waals surface area contributed by atoms with Gasteiger partial charge in [0.15, 0.2) is 0 Å². The highest BCUT2D eigenvalue weighted by atomic mass is 32.2. The highest BCUT2D eigenvalue weighted by Gasteiger charge is 2.32. The molecule has 0 saturated carbocycles. The second-order valence-corrected chi connectivity index (χ2v) is 6.82. The lowest BCUT2D eigenvalue weighted by molar-refractivity contribution is -0.141. The van der Waals surface area contributed by atoms with Gasteiger partial charge in [0.25, 0.3) is 0 Å². The third-order valence-corrected chi connectivity index (χ3v) is 5.35. The molecular formula is C13H16N2O5S. The van der Waals surface area contributed by atoms with Crippen LogP contribution in [0.2, 0.25) is 0 Å². The first-order valence-corrected chi connectivity index (χ1v) is 7.85. The number of carboxylic acid groups (broad SMARTS) is 1. The Bertz CT molecular complexity index is 699. The first-order chi connectivity index (χ1) is 9.77. The largest absolute Gasteiger partial charge is 0.480 e. The van der Waals surface area contributed by atoms with Crippen molar-refractivity contribution in [2.75, 3.05) is 12.4 Å². The van der Waals surface area contributed by atoms with Crippen molar-refractivity contribution in [1.29, 1.82) is 0 Å². The Labute approximate surface area is 122 Å². The average molecular weight is 312 g/mol. The maximum Gasteiger partial charge on any atom is 0.321 e. The predicted octanol–water partition coefficient (Wildman–Crippen LogP) is 0.665. The van der Waals surface area contributed by atoms with Crippen LogP contribution >= 0.6 is 0 Å². The summed E-state index contributed by atoms with van der Waals surface area (Å²) < 4.78 is 25.8. The normalized spacial score (nSPS) is 15.7. The molecule has 2 rings (SSSR count). The summed E-state index contributed by atoms with van der Waals surface area (Å²) in [6.07, 6.45) is 0.286. The van der Waals surface area contributed by atoms with Crippen LogP contribution < -0.4 is 5.32 Å². The Balaban J connectivity index is 2.39. The van der Waals surface area contributed by atoms with Crippen LogP contribution in [0, 0.1) is 0 Å². The minimum Gasteiger partial charge on any atom is -0.480 e. The van der Waals surface area contributed by atoms with Gasteiger partial charge in [-0.25, -0.2) is 8.42 Å². The number of carbonyl (C=O) groups excluding carboxylic acids is 1. The van der Waals surface area contributed by atoms with E-state index in [9.17, 15) is 18.0 Å². The van der Waals surface area contributed by atoms with E-state index in [0.717, 1.165) is 4.31 Å². The van der Waals surface area contributed by atoms with E-state index < -0.39 is 22.0 Å². The number of hydrogen-bond donors (Lipinski definition) is 2. The number of fused-ring (bicyclic) bond motifs is 1. The van der Waals surface area contributed by atoms with Crippen molar-refractivity contribution < 1.29 is 23.1 Å². The second-order valence-electron chi connectivity index (χ2n) is 4.83. The van der Waals surface area contributed by atoms with Crippen molar-refractivity contribution in [3.05, 3.63) is 23.8 Å². The van der Waals surface area contributed by atoms with Crippen molar-refractivity contribution in [2.45, 2.75) is 30.7 Å². The molecule has 0 radical (unpaired) electrons. The molecule has 1 aliphatic rings. The van der Waals surface area contributed by atoms with Gasteiger partial charge in [0.05, 0.1) is 11.3 Å². The van der Waals surface area contributed by atoms with E-state index >= 15 is 0 Å². The van der Waals surface area contributed by atoms with Crippen molar-refractivity contribution in [3.8, 4) is 0 Å². The number of nitrogens with one attached hydrogen (secondary N) is 1. The van der Waals surface area contributed by atoms with Crippen LogP contribution in [-0.4, -0.2) is 42.8 Å². The standard InChI is InChI=1S/C13H16N2O5S/c1-3-11(13(17)18)15(2)21(19,20)9-4-5-10-8(6-9)7-12(16)14-10/h4-6,11H,3,7H2,1-2H3,(H,14,16)(H,17,18). The number of anilines is 1. The van der Waals surface area contributed by atoms with Crippen molar-refractivity contribution >= 4 is 27.6 Å². The zero-order chi connectivity index (χ0) is 15.8. The molecule has 0 fully saturated rings. The molecule has 0 aromatic heterocycles. The van der Waals surface area contributed by atoms with Crippen molar-refractivity contribution in [2.24, 2.45) is 0 Å². The Morgan fingerprint density at radius 1 is 1.48 bits per heavy atom. The van der Waals surface area contributed by atoms with Crippen molar-refractivity contribution in [3.63, 3.8) is 0 Å². The number of hydrogen-bond acceptors (Lipinski definition) is 4. The molecule has 1 aromatic carbocycles. The highest BCUT2D eigenvalue weighted by molar-refractivity contribution is 7.89. The van der Waals surface area contributed by atoms with Crippen LogP contribution in [0.15, 0.2) is 23.1 Å². The Kier molecular flexibility index (Phi) is 4.02. The van der Waals surface area contributed by atoms with Crippen LogP contribution in [-0.2, 0) is 26.0 Å². The number of likely N-dealkylation sites (N-methyl/N-ethyl adjacent to an activating group) is 1. The molecule has 0 bridgehead atoms. The summed E-state index contributed by atoms with van der Waals surface area (Å²) in [7, 11) is -2.68. The lowest BCUT2D eigenvalue weighted by Crippen LogP contribution is -2.41. The van der Waals surface area contributed by atoms with Crippen LogP contribution in [0.4, 0.5) is 5.69 Å². The Morgan fingerprint density at radius 3 is 2.71 bits per heavy atom. The summed E-state index contributed by atoms with van der Waals surface area (Å²) in [5.41, 5.74) is 1.18. The number of carboxylic acids is 1. The number of aliphatic carboxylic acids is 1. The van der Waals surface area contributed by atoms with Gasteiger partial charge in [-0.3, -0.25) is 9.59 Å². The quantitative estimate of drug-likeness (QED) is 0.831. The molecule has 1 unspecified atom stereocenters. The molecular weight excluding hydrogens is 296 g/mol. The Morgan fingerprint density at radius 2 is 2.14 bits per heavy atom. The Hall–Kier alpha value is -1.93. The van der Waals surface area contributed by atoms with Gasteiger partial charge in [-0.05, 0) is 30.2 Å². The number of carbonyl (C=O) groups is 2. The third kappa shape index (κ3) is 2.77. The van der Waals surface area contributed by atoms with Gasteiger partial charge < -0.3 is 10.4 Å². The molecule has 2 N–H and O–H groups in total. The number of benzene rings is 1. The van der Waals surface area contributed by atoms with E-state index in [-0.39, 0.29) is 23.6 Å². The van der Waals surface area contributed by atoms with E-state index in [2.05, 4.69) is 5.32 Å². The summed E-state index contributed by atoms with van der Waals surface area (Å²) in [4.78, 5) is 22.4. The van der Waals surface area contributed by atoms with Gasteiger partial charge in [-0.1, -0.05) is 6.92 Å². The summed E-state index contributed by atoms with van der Waals surface area (Å²) in [6.45, 7) is 1.61. The fraction of sp³-hybridized carbons (Fsp3) is 0.385. The number of nitrogens with zero attached hydrogens (tertiary/aromatic N) is 1. The van der Waals surface area contributed by atoms with E-state index in [1.54, 1.807) is 6.92 Å². The summed E-state index contributed by atoms with van der Waals surface area (Å²) >= 11 is 0. The first-order valence-electron chi connectivity index (χ1n) is 6.41. The summed E-state index contributed by atoms with van der Waals surface area (Å²) in [5, 5.41) is 11.7. The minimum absolute atomic E-state index is 0.0139. The second kappa shape index (κ2) is 5.45. The molecule has 1 aliphatic heterocycles. The average Bonchev–Trinajstić information content (AvgIpc) is 2.77. The van der Waals surface area contributed by atoms with Crippen LogP contribution in [0.3, 0.4) is 0 Å². The fourth-order valence-corrected chi connectivity index (χ4v) is 3.73. The molecule has 0 saturated heterocycles. The number of rotatable bonds is 5. The highest BCUT2D eigenvalue weighted by Crippen LogP contribution is 2.27. The molecule has 1 aromatic rings. The van der Waals surface area contributed by atoms with Gasteiger partial charge in [0, 0.05) is 12.7 Å². The maximum absolute atomic E-state index is 12.5. The minimum atomic E-state index is -3.92. The topological polar surface area (TPSA) is 104 Å². The molecule has 7 nitrogen and oxygen atoms in total. The van der Waals surface area contributed by atoms with Crippen molar-refractivity contribution in [1.82, 2.24) is 4.31 Å².